The lowest BCUT2D eigenvalue weighted by molar-refractivity contribution is 0.275. The van der Waals surface area contributed by atoms with Crippen LogP contribution < -0.4 is 10.6 Å². The second kappa shape index (κ2) is 15.0. The molecule has 1 atom stereocenters. The first-order chi connectivity index (χ1) is 13.2. The van der Waals surface area contributed by atoms with Crippen LogP contribution in [0.5, 0.6) is 0 Å². The highest BCUT2D eigenvalue weighted by Gasteiger charge is 2.11. The summed E-state index contributed by atoms with van der Waals surface area (Å²) >= 11 is 0. The normalized spacial score (nSPS) is 17.5. The Morgan fingerprint density at radius 1 is 1.14 bits per heavy atom. The van der Waals surface area contributed by atoms with Crippen LogP contribution in [0.4, 0.5) is 0 Å². The van der Waals surface area contributed by atoms with E-state index in [4.69, 9.17) is 4.99 Å². The van der Waals surface area contributed by atoms with Crippen molar-refractivity contribution >= 4 is 29.9 Å². The minimum absolute atomic E-state index is 0. The Labute approximate surface area is 189 Å². The van der Waals surface area contributed by atoms with Gasteiger partial charge in [0.05, 0.1) is 0 Å². The molecule has 1 aromatic rings. The van der Waals surface area contributed by atoms with Crippen LogP contribution in [-0.2, 0) is 6.42 Å². The molecule has 2 N–H and O–H groups in total. The van der Waals surface area contributed by atoms with Gasteiger partial charge in [-0.15, -0.1) is 24.0 Å². The van der Waals surface area contributed by atoms with Gasteiger partial charge >= 0.3 is 0 Å². The van der Waals surface area contributed by atoms with Crippen molar-refractivity contribution in [3.05, 3.63) is 35.9 Å². The van der Waals surface area contributed by atoms with Crippen LogP contribution in [0.3, 0.4) is 0 Å². The molecule has 2 rings (SSSR count). The lowest BCUT2D eigenvalue weighted by atomic mass is 10.1. The van der Waals surface area contributed by atoms with Gasteiger partial charge in [0.1, 0.15) is 0 Å². The molecule has 5 nitrogen and oxygen atoms in total. The van der Waals surface area contributed by atoms with Crippen LogP contribution >= 0.6 is 24.0 Å². The molecule has 1 heterocycles. The van der Waals surface area contributed by atoms with E-state index < -0.39 is 0 Å². The van der Waals surface area contributed by atoms with Crippen molar-refractivity contribution in [3.8, 4) is 0 Å². The Morgan fingerprint density at radius 3 is 2.68 bits per heavy atom. The Bertz CT molecular complexity index is 537. The van der Waals surface area contributed by atoms with E-state index in [1.54, 1.807) is 0 Å². The molecule has 0 aromatic heterocycles. The number of aliphatic imine (C=N–C) groups is 1. The van der Waals surface area contributed by atoms with E-state index in [0.717, 1.165) is 44.9 Å². The number of rotatable bonds is 9. The third-order valence-corrected chi connectivity index (χ3v) is 5.15. The molecule has 1 aliphatic heterocycles. The standard InChI is InChI=1S/C22H39N5.HI/c1-4-23-22(25-20(2)12-13-21-10-6-5-7-11-21)24-14-8-16-27-17-9-15-26(3)18-19-27;/h5-7,10-11,20H,4,8-9,12-19H2,1-3H3,(H2,23,24,25);1H. The van der Waals surface area contributed by atoms with Crippen LogP contribution in [0.25, 0.3) is 0 Å². The van der Waals surface area contributed by atoms with Gasteiger partial charge in [0.15, 0.2) is 5.96 Å². The lowest BCUT2D eigenvalue weighted by Crippen LogP contribution is -2.42. The molecular weight excluding hydrogens is 461 g/mol. The zero-order chi connectivity index (χ0) is 19.3. The van der Waals surface area contributed by atoms with Gasteiger partial charge in [-0.25, -0.2) is 0 Å². The Hall–Kier alpha value is -0.860. The first kappa shape index (κ1) is 25.2. The van der Waals surface area contributed by atoms with Crippen LogP contribution in [0.2, 0.25) is 0 Å². The predicted octanol–water partition coefficient (Wildman–Crippen LogP) is 3.21. The van der Waals surface area contributed by atoms with Gasteiger partial charge in [-0.2, -0.15) is 0 Å². The van der Waals surface area contributed by atoms with Crippen LogP contribution in [0, 0.1) is 0 Å². The highest BCUT2D eigenvalue weighted by Crippen LogP contribution is 2.05. The maximum atomic E-state index is 4.79. The third-order valence-electron chi connectivity index (χ3n) is 5.15. The van der Waals surface area contributed by atoms with Crippen molar-refractivity contribution in [1.82, 2.24) is 20.4 Å². The Morgan fingerprint density at radius 2 is 1.93 bits per heavy atom. The minimum atomic E-state index is 0. The van der Waals surface area contributed by atoms with Crippen molar-refractivity contribution in [1.29, 1.82) is 0 Å². The average Bonchev–Trinajstić information content (AvgIpc) is 2.89. The lowest BCUT2D eigenvalue weighted by Gasteiger charge is -2.20. The predicted molar refractivity (Wildman–Crippen MR) is 132 cm³/mol. The first-order valence-electron chi connectivity index (χ1n) is 10.7. The van der Waals surface area contributed by atoms with Crippen LogP contribution in [0.15, 0.2) is 35.3 Å². The van der Waals surface area contributed by atoms with Gasteiger partial charge in [-0.05, 0) is 71.8 Å². The molecule has 0 saturated carbocycles. The topological polar surface area (TPSA) is 42.9 Å². The molecule has 28 heavy (non-hydrogen) atoms. The molecule has 1 fully saturated rings. The van der Waals surface area contributed by atoms with E-state index in [9.17, 15) is 0 Å². The Kier molecular flexibility index (Phi) is 13.5. The molecule has 1 unspecified atom stereocenters. The largest absolute Gasteiger partial charge is 0.357 e. The number of nitrogens with zero attached hydrogens (tertiary/aromatic N) is 3. The molecule has 1 aliphatic rings. The number of nitrogens with one attached hydrogen (secondary N) is 2. The van der Waals surface area contributed by atoms with Crippen LogP contribution in [0.1, 0.15) is 38.7 Å². The van der Waals surface area contributed by atoms with Crippen molar-refractivity contribution < 1.29 is 0 Å². The van der Waals surface area contributed by atoms with Gasteiger partial charge in [0, 0.05) is 32.2 Å². The molecule has 0 bridgehead atoms. The number of benzene rings is 1. The third kappa shape index (κ3) is 10.6. The summed E-state index contributed by atoms with van der Waals surface area (Å²) in [7, 11) is 2.22. The molecular formula is C22H40IN5. The smallest absolute Gasteiger partial charge is 0.191 e. The summed E-state index contributed by atoms with van der Waals surface area (Å²) < 4.78 is 0. The molecule has 0 radical (unpaired) electrons. The molecule has 0 spiro atoms. The van der Waals surface area contributed by atoms with Crippen LogP contribution in [-0.4, -0.2) is 74.7 Å². The number of hydrogen-bond acceptors (Lipinski definition) is 3. The van der Waals surface area contributed by atoms with Crippen molar-refractivity contribution in [2.45, 2.75) is 45.6 Å². The summed E-state index contributed by atoms with van der Waals surface area (Å²) in [6.45, 7) is 12.1. The maximum absolute atomic E-state index is 4.79. The van der Waals surface area contributed by atoms with Gasteiger partial charge in [0.2, 0.25) is 0 Å². The summed E-state index contributed by atoms with van der Waals surface area (Å²) in [5.74, 6) is 0.952. The van der Waals surface area contributed by atoms with E-state index in [-0.39, 0.29) is 24.0 Å². The van der Waals surface area contributed by atoms with Gasteiger partial charge < -0.3 is 20.4 Å². The molecule has 0 aliphatic carbocycles. The zero-order valence-electron chi connectivity index (χ0n) is 18.0. The highest BCUT2D eigenvalue weighted by atomic mass is 127. The fourth-order valence-corrected chi connectivity index (χ4v) is 3.46. The second-order valence-corrected chi connectivity index (χ2v) is 7.68. The molecule has 1 aromatic carbocycles. The monoisotopic (exact) mass is 501 g/mol. The van der Waals surface area contributed by atoms with E-state index in [1.165, 1.54) is 38.2 Å². The van der Waals surface area contributed by atoms with Crippen molar-refractivity contribution in [3.63, 3.8) is 0 Å². The van der Waals surface area contributed by atoms with Gasteiger partial charge in [-0.3, -0.25) is 4.99 Å². The number of likely N-dealkylation sites (N-methyl/N-ethyl adjacent to an activating group) is 1. The number of halogens is 1. The molecule has 1 saturated heterocycles. The van der Waals surface area contributed by atoms with E-state index in [0.29, 0.717) is 6.04 Å². The fraction of sp³-hybridized carbons (Fsp3) is 0.682. The quantitative estimate of drug-likeness (QED) is 0.236. The molecule has 6 heteroatoms. The van der Waals surface area contributed by atoms with Crippen molar-refractivity contribution in [2.75, 3.05) is 52.9 Å². The average molecular weight is 502 g/mol. The maximum Gasteiger partial charge on any atom is 0.191 e. The number of aryl methyl sites for hydroxylation is 1. The van der Waals surface area contributed by atoms with E-state index >= 15 is 0 Å². The highest BCUT2D eigenvalue weighted by molar-refractivity contribution is 14.0. The summed E-state index contributed by atoms with van der Waals surface area (Å²) in [4.78, 5) is 9.81. The van der Waals surface area contributed by atoms with Crippen molar-refractivity contribution in [2.24, 2.45) is 4.99 Å². The zero-order valence-corrected chi connectivity index (χ0v) is 20.3. The van der Waals surface area contributed by atoms with Gasteiger partial charge in [-0.1, -0.05) is 30.3 Å². The summed E-state index contributed by atoms with van der Waals surface area (Å²) in [5.41, 5.74) is 1.40. The summed E-state index contributed by atoms with van der Waals surface area (Å²) in [6, 6.07) is 11.1. The first-order valence-corrected chi connectivity index (χ1v) is 10.7. The van der Waals surface area contributed by atoms with Gasteiger partial charge in [0.25, 0.3) is 0 Å². The summed E-state index contributed by atoms with van der Waals surface area (Å²) in [6.07, 6.45) is 4.61. The SMILES string of the molecule is CCNC(=NCCCN1CCCN(C)CC1)NC(C)CCc1ccccc1.I. The molecule has 0 amide bonds. The van der Waals surface area contributed by atoms with E-state index in [1.807, 2.05) is 0 Å². The fourth-order valence-electron chi connectivity index (χ4n) is 3.46. The Balaban J connectivity index is 0.00000392. The van der Waals surface area contributed by atoms with E-state index in [2.05, 4.69) is 71.7 Å². The minimum Gasteiger partial charge on any atom is -0.357 e. The number of guanidine groups is 1. The summed E-state index contributed by atoms with van der Waals surface area (Å²) in [5, 5.41) is 6.95. The number of hydrogen-bond donors (Lipinski definition) is 2. The second-order valence-electron chi connectivity index (χ2n) is 7.68. The molecule has 160 valence electrons.